The molecule has 3 N–H and O–H groups in total. The summed E-state index contributed by atoms with van der Waals surface area (Å²) < 4.78 is 1.02. The van der Waals surface area contributed by atoms with Gasteiger partial charge in [-0.2, -0.15) is 0 Å². The smallest absolute Gasteiger partial charge is 0.0606 e. The molecule has 100 valence electrons. The van der Waals surface area contributed by atoms with Crippen molar-refractivity contribution in [3.8, 4) is 0 Å². The highest BCUT2D eigenvalue weighted by Gasteiger charge is 2.22. The van der Waals surface area contributed by atoms with Crippen molar-refractivity contribution in [1.82, 2.24) is 0 Å². The highest BCUT2D eigenvalue weighted by Crippen LogP contribution is 2.33. The minimum absolute atomic E-state index is 0.188. The Labute approximate surface area is 117 Å². The van der Waals surface area contributed by atoms with Crippen LogP contribution in [-0.2, 0) is 0 Å². The van der Waals surface area contributed by atoms with Crippen LogP contribution in [0.3, 0.4) is 0 Å². The van der Waals surface area contributed by atoms with Crippen molar-refractivity contribution in [2.75, 3.05) is 23.8 Å². The van der Waals surface area contributed by atoms with Gasteiger partial charge in [-0.05, 0) is 47.0 Å². The van der Waals surface area contributed by atoms with E-state index in [2.05, 4.69) is 20.8 Å². The second-order valence-corrected chi connectivity index (χ2v) is 5.77. The molecule has 18 heavy (non-hydrogen) atoms. The van der Waals surface area contributed by atoms with Gasteiger partial charge in [0, 0.05) is 22.7 Å². The first-order valence-corrected chi connectivity index (χ1v) is 7.44. The summed E-state index contributed by atoms with van der Waals surface area (Å²) in [4.78, 5) is 2.32. The molecule has 0 aliphatic heterocycles. The Kier molecular flexibility index (Phi) is 4.89. The lowest BCUT2D eigenvalue weighted by atomic mass is 9.93. The van der Waals surface area contributed by atoms with E-state index in [1.165, 1.54) is 32.1 Å². The number of hydrogen-bond acceptors (Lipinski definition) is 3. The van der Waals surface area contributed by atoms with Gasteiger partial charge >= 0.3 is 0 Å². The molecule has 0 bridgehead atoms. The lowest BCUT2D eigenvalue weighted by molar-refractivity contribution is 0.290. The standard InChI is InChI=1S/C14H21BrN2O/c15-13-10-11(16)6-7-14(13)17(8-9-18)12-4-2-1-3-5-12/h6-7,10,12,18H,1-5,8-9,16H2. The molecular formula is C14H21BrN2O. The molecule has 0 heterocycles. The van der Waals surface area contributed by atoms with Crippen LogP contribution in [0.4, 0.5) is 11.4 Å². The quantitative estimate of drug-likeness (QED) is 0.840. The fourth-order valence-electron chi connectivity index (χ4n) is 2.76. The summed E-state index contributed by atoms with van der Waals surface area (Å²) in [5.74, 6) is 0. The van der Waals surface area contributed by atoms with Crippen LogP contribution in [0.2, 0.25) is 0 Å². The van der Waals surface area contributed by atoms with Gasteiger partial charge in [-0.3, -0.25) is 0 Å². The topological polar surface area (TPSA) is 49.5 Å². The number of nitrogen functional groups attached to an aromatic ring is 1. The van der Waals surface area contributed by atoms with E-state index in [1.807, 2.05) is 18.2 Å². The largest absolute Gasteiger partial charge is 0.399 e. The fourth-order valence-corrected chi connectivity index (χ4v) is 3.38. The van der Waals surface area contributed by atoms with Crippen molar-refractivity contribution < 1.29 is 5.11 Å². The van der Waals surface area contributed by atoms with Crippen molar-refractivity contribution in [2.45, 2.75) is 38.1 Å². The van der Waals surface area contributed by atoms with Crippen LogP contribution < -0.4 is 10.6 Å². The van der Waals surface area contributed by atoms with Gasteiger partial charge in [0.05, 0.1) is 12.3 Å². The fraction of sp³-hybridized carbons (Fsp3) is 0.571. The van der Waals surface area contributed by atoms with Crippen LogP contribution in [0.25, 0.3) is 0 Å². The molecule has 0 aromatic heterocycles. The number of anilines is 2. The van der Waals surface area contributed by atoms with E-state index < -0.39 is 0 Å². The Morgan fingerprint density at radius 1 is 1.28 bits per heavy atom. The van der Waals surface area contributed by atoms with Crippen LogP contribution in [-0.4, -0.2) is 24.3 Å². The molecule has 0 atom stereocenters. The minimum Gasteiger partial charge on any atom is -0.399 e. The Morgan fingerprint density at radius 2 is 2.00 bits per heavy atom. The summed E-state index contributed by atoms with van der Waals surface area (Å²) in [6.45, 7) is 0.875. The first kappa shape index (κ1) is 13.7. The van der Waals surface area contributed by atoms with Gasteiger partial charge in [-0.15, -0.1) is 0 Å². The third kappa shape index (κ3) is 3.18. The first-order valence-electron chi connectivity index (χ1n) is 6.65. The summed E-state index contributed by atoms with van der Waals surface area (Å²) in [5, 5.41) is 9.29. The molecule has 0 unspecified atom stereocenters. The third-order valence-corrected chi connectivity index (χ3v) is 4.27. The molecule has 2 rings (SSSR count). The number of benzene rings is 1. The zero-order valence-electron chi connectivity index (χ0n) is 10.6. The summed E-state index contributed by atoms with van der Waals surface area (Å²) in [7, 11) is 0. The Morgan fingerprint density at radius 3 is 2.61 bits per heavy atom. The molecule has 1 aliphatic carbocycles. The van der Waals surface area contributed by atoms with E-state index in [0.29, 0.717) is 12.6 Å². The maximum Gasteiger partial charge on any atom is 0.0606 e. The van der Waals surface area contributed by atoms with Crippen molar-refractivity contribution in [2.24, 2.45) is 0 Å². The van der Waals surface area contributed by atoms with Crippen molar-refractivity contribution in [1.29, 1.82) is 0 Å². The van der Waals surface area contributed by atoms with Gasteiger partial charge < -0.3 is 15.7 Å². The predicted octanol–water partition coefficient (Wildman–Crippen LogP) is 3.16. The summed E-state index contributed by atoms with van der Waals surface area (Å²) in [5.41, 5.74) is 7.69. The minimum atomic E-state index is 0.188. The Hall–Kier alpha value is -0.740. The maximum atomic E-state index is 9.29. The number of nitrogens with two attached hydrogens (primary N) is 1. The summed E-state index contributed by atoms with van der Waals surface area (Å²) in [6, 6.07) is 6.45. The molecule has 1 aromatic rings. The molecule has 1 aromatic carbocycles. The number of nitrogens with zero attached hydrogens (tertiary/aromatic N) is 1. The lowest BCUT2D eigenvalue weighted by Gasteiger charge is -2.36. The molecule has 4 heteroatoms. The first-order chi connectivity index (χ1) is 8.72. The zero-order chi connectivity index (χ0) is 13.0. The SMILES string of the molecule is Nc1ccc(N(CCO)C2CCCCC2)c(Br)c1. The van der Waals surface area contributed by atoms with Crippen molar-refractivity contribution in [3.63, 3.8) is 0 Å². The number of rotatable bonds is 4. The zero-order valence-corrected chi connectivity index (χ0v) is 12.2. The monoisotopic (exact) mass is 312 g/mol. The Balaban J connectivity index is 2.22. The van der Waals surface area contributed by atoms with Gasteiger partial charge in [0.1, 0.15) is 0 Å². The third-order valence-electron chi connectivity index (χ3n) is 3.64. The maximum absolute atomic E-state index is 9.29. The van der Waals surface area contributed by atoms with E-state index in [0.717, 1.165) is 15.8 Å². The van der Waals surface area contributed by atoms with Gasteiger partial charge in [-0.25, -0.2) is 0 Å². The Bertz CT molecular complexity index is 391. The van der Waals surface area contributed by atoms with Crippen molar-refractivity contribution >= 4 is 27.3 Å². The molecule has 0 spiro atoms. The average molecular weight is 313 g/mol. The molecule has 1 aliphatic rings. The molecule has 0 radical (unpaired) electrons. The van der Waals surface area contributed by atoms with Gasteiger partial charge in [0.15, 0.2) is 0 Å². The normalized spacial score (nSPS) is 16.8. The van der Waals surface area contributed by atoms with E-state index in [9.17, 15) is 5.11 Å². The number of aliphatic hydroxyl groups is 1. The predicted molar refractivity (Wildman–Crippen MR) is 79.9 cm³/mol. The molecule has 1 saturated carbocycles. The van der Waals surface area contributed by atoms with Gasteiger partial charge in [0.2, 0.25) is 0 Å². The number of aliphatic hydroxyl groups excluding tert-OH is 1. The molecular weight excluding hydrogens is 292 g/mol. The number of hydrogen-bond donors (Lipinski definition) is 2. The summed E-state index contributed by atoms with van der Waals surface area (Å²) in [6.07, 6.45) is 6.36. The van der Waals surface area contributed by atoms with Crippen LogP contribution in [0.1, 0.15) is 32.1 Å². The van der Waals surface area contributed by atoms with E-state index in [4.69, 9.17) is 5.73 Å². The average Bonchev–Trinajstić information content (AvgIpc) is 2.38. The van der Waals surface area contributed by atoms with Crippen LogP contribution in [0, 0.1) is 0 Å². The molecule has 0 amide bonds. The number of halogens is 1. The van der Waals surface area contributed by atoms with E-state index >= 15 is 0 Å². The van der Waals surface area contributed by atoms with E-state index in [-0.39, 0.29) is 6.61 Å². The summed E-state index contributed by atoms with van der Waals surface area (Å²) >= 11 is 3.58. The van der Waals surface area contributed by atoms with Crippen molar-refractivity contribution in [3.05, 3.63) is 22.7 Å². The van der Waals surface area contributed by atoms with Crippen LogP contribution >= 0.6 is 15.9 Å². The highest BCUT2D eigenvalue weighted by molar-refractivity contribution is 9.10. The second-order valence-electron chi connectivity index (χ2n) is 4.92. The molecule has 3 nitrogen and oxygen atoms in total. The molecule has 1 fully saturated rings. The van der Waals surface area contributed by atoms with Crippen LogP contribution in [0.15, 0.2) is 22.7 Å². The lowest BCUT2D eigenvalue weighted by Crippen LogP contribution is -2.39. The van der Waals surface area contributed by atoms with Gasteiger partial charge in [-0.1, -0.05) is 19.3 Å². The molecule has 0 saturated heterocycles. The second kappa shape index (κ2) is 6.43. The van der Waals surface area contributed by atoms with Crippen LogP contribution in [0.5, 0.6) is 0 Å². The van der Waals surface area contributed by atoms with E-state index in [1.54, 1.807) is 0 Å². The highest BCUT2D eigenvalue weighted by atomic mass is 79.9. The van der Waals surface area contributed by atoms with Gasteiger partial charge in [0.25, 0.3) is 0 Å².